The van der Waals surface area contributed by atoms with Gasteiger partial charge in [0, 0.05) is 12.1 Å². The van der Waals surface area contributed by atoms with Crippen molar-refractivity contribution in [1.82, 2.24) is 9.97 Å². The monoisotopic (exact) mass is 264 g/mol. The van der Waals surface area contributed by atoms with Gasteiger partial charge in [0.05, 0.1) is 12.4 Å². The van der Waals surface area contributed by atoms with Crippen LogP contribution in [0.25, 0.3) is 0 Å². The maximum absolute atomic E-state index is 4.11. The van der Waals surface area contributed by atoms with Crippen molar-refractivity contribution in [2.75, 3.05) is 0 Å². The Morgan fingerprint density at radius 3 is 1.50 bits per heavy atom. The maximum Gasteiger partial charge on any atom is 0.286 e. The summed E-state index contributed by atoms with van der Waals surface area (Å²) in [5.74, 6) is 0. The maximum atomic E-state index is 4.11. The number of hydrogen-bond acceptors (Lipinski definition) is 2. The molecule has 0 saturated heterocycles. The van der Waals surface area contributed by atoms with Crippen LogP contribution < -0.4 is 9.13 Å². The van der Waals surface area contributed by atoms with E-state index in [9.17, 15) is 0 Å². The molecule has 0 atom stereocenters. The third kappa shape index (κ3) is 3.23. The molecule has 3 aromatic rings. The first-order valence-electron chi connectivity index (χ1n) is 6.56. The van der Waals surface area contributed by atoms with Gasteiger partial charge in [-0.1, -0.05) is 34.2 Å². The van der Waals surface area contributed by atoms with Gasteiger partial charge in [-0.25, -0.2) is 9.13 Å². The Morgan fingerprint density at radius 1 is 0.700 bits per heavy atom. The van der Waals surface area contributed by atoms with Crippen LogP contribution in [-0.4, -0.2) is 9.97 Å². The van der Waals surface area contributed by atoms with Gasteiger partial charge in [-0.2, -0.15) is 0 Å². The van der Waals surface area contributed by atoms with Crippen molar-refractivity contribution < 1.29 is 9.13 Å². The van der Waals surface area contributed by atoms with Gasteiger partial charge in [0.25, 0.3) is 12.7 Å². The van der Waals surface area contributed by atoms with E-state index in [-0.39, 0.29) is 0 Å². The van der Waals surface area contributed by atoms with Crippen molar-refractivity contribution in [3.8, 4) is 0 Å². The molecular weight excluding hydrogens is 248 g/mol. The predicted molar refractivity (Wildman–Crippen MR) is 73.5 cm³/mol. The molecule has 1 aromatic carbocycles. The molecule has 0 spiro atoms. The van der Waals surface area contributed by atoms with Crippen LogP contribution in [0, 0.1) is 0 Å². The third-order valence-electron chi connectivity index (χ3n) is 3.08. The van der Waals surface area contributed by atoms with Gasteiger partial charge in [-0.05, 0) is 11.1 Å². The van der Waals surface area contributed by atoms with Gasteiger partial charge in [0.15, 0.2) is 0 Å². The Bertz CT molecular complexity index is 591. The van der Waals surface area contributed by atoms with Gasteiger partial charge < -0.3 is 0 Å². The summed E-state index contributed by atoms with van der Waals surface area (Å²) < 4.78 is 4.12. The molecule has 4 heteroatoms. The summed E-state index contributed by atoms with van der Waals surface area (Å²) >= 11 is 0. The molecule has 0 unspecified atom stereocenters. The minimum absolute atomic E-state index is 0.841. The number of rotatable bonds is 4. The Hall–Kier alpha value is -2.62. The normalized spacial score (nSPS) is 10.4. The first kappa shape index (κ1) is 12.4. The van der Waals surface area contributed by atoms with Gasteiger partial charge in [0.2, 0.25) is 0 Å². The summed E-state index contributed by atoms with van der Waals surface area (Å²) in [5.41, 5.74) is 2.53. The molecule has 0 aliphatic heterocycles. The second-order valence-corrected chi connectivity index (χ2v) is 4.67. The minimum atomic E-state index is 0.841. The molecule has 0 aliphatic rings. The Balaban J connectivity index is 1.69. The van der Waals surface area contributed by atoms with E-state index in [0.29, 0.717) is 0 Å². The van der Waals surface area contributed by atoms with Crippen LogP contribution in [0.2, 0.25) is 0 Å². The van der Waals surface area contributed by atoms with E-state index in [1.54, 1.807) is 12.4 Å². The zero-order valence-corrected chi connectivity index (χ0v) is 11.1. The summed E-state index contributed by atoms with van der Waals surface area (Å²) in [6.07, 6.45) is 11.3. The van der Waals surface area contributed by atoms with Crippen LogP contribution >= 0.6 is 0 Å². The van der Waals surface area contributed by atoms with E-state index in [0.717, 1.165) is 13.1 Å². The van der Waals surface area contributed by atoms with Crippen molar-refractivity contribution in [3.05, 3.63) is 85.0 Å². The molecule has 20 heavy (non-hydrogen) atoms. The highest BCUT2D eigenvalue weighted by Gasteiger charge is 2.02. The largest absolute Gasteiger partial charge is 0.286 e. The number of aromatic nitrogens is 4. The number of hydrogen-bond donors (Lipinski definition) is 0. The quantitative estimate of drug-likeness (QED) is 0.662. The zero-order valence-electron chi connectivity index (χ0n) is 11.1. The van der Waals surface area contributed by atoms with Gasteiger partial charge in [-0.3, -0.25) is 0 Å². The second kappa shape index (κ2) is 6.02. The van der Waals surface area contributed by atoms with E-state index in [2.05, 4.69) is 43.4 Å². The summed E-state index contributed by atoms with van der Waals surface area (Å²) in [5, 5.41) is 0. The second-order valence-electron chi connectivity index (χ2n) is 4.67. The Labute approximate surface area is 118 Å². The van der Waals surface area contributed by atoms with Crippen LogP contribution in [0.5, 0.6) is 0 Å². The lowest BCUT2D eigenvalue weighted by molar-refractivity contribution is -0.691. The van der Waals surface area contributed by atoms with E-state index in [1.807, 2.05) is 37.2 Å². The molecule has 0 N–H and O–H groups in total. The lowest BCUT2D eigenvalue weighted by atomic mass is 10.1. The molecule has 98 valence electrons. The molecule has 2 heterocycles. The van der Waals surface area contributed by atoms with Crippen LogP contribution in [0.1, 0.15) is 11.1 Å². The van der Waals surface area contributed by atoms with E-state index < -0.39 is 0 Å². The van der Waals surface area contributed by atoms with E-state index in [1.165, 1.54) is 11.1 Å². The molecule has 0 saturated carbocycles. The third-order valence-corrected chi connectivity index (χ3v) is 3.08. The lowest BCUT2D eigenvalue weighted by Gasteiger charge is -2.02. The van der Waals surface area contributed by atoms with Gasteiger partial charge in [-0.15, -0.1) is 0 Å². The molecule has 4 nitrogen and oxygen atoms in total. The first-order valence-corrected chi connectivity index (χ1v) is 6.56. The van der Waals surface area contributed by atoms with Crippen molar-refractivity contribution >= 4 is 0 Å². The van der Waals surface area contributed by atoms with Gasteiger partial charge >= 0.3 is 0 Å². The summed E-state index contributed by atoms with van der Waals surface area (Å²) in [4.78, 5) is 8.21. The molecule has 0 amide bonds. The highest BCUT2D eigenvalue weighted by Crippen LogP contribution is 2.03. The first-order chi connectivity index (χ1) is 9.90. The fourth-order valence-corrected chi connectivity index (χ4v) is 2.08. The molecule has 0 bridgehead atoms. The molecule has 2 aromatic heterocycles. The average molecular weight is 264 g/mol. The minimum Gasteiger partial charge on any atom is -0.233 e. The van der Waals surface area contributed by atoms with Crippen molar-refractivity contribution in [1.29, 1.82) is 0 Å². The highest BCUT2D eigenvalue weighted by atomic mass is 15.0. The van der Waals surface area contributed by atoms with Crippen LogP contribution in [0.15, 0.2) is 73.8 Å². The average Bonchev–Trinajstić information content (AvgIpc) is 2.51. The van der Waals surface area contributed by atoms with E-state index >= 15 is 0 Å². The summed E-state index contributed by atoms with van der Waals surface area (Å²) in [6.45, 7) is 1.68. The summed E-state index contributed by atoms with van der Waals surface area (Å²) in [6, 6.07) is 12.5. The van der Waals surface area contributed by atoms with Crippen LogP contribution in [-0.2, 0) is 13.1 Å². The standard InChI is InChI=1S/C16H16N4/c1-7-17-13-19(9-1)11-15-3-5-16(6-4-15)12-20-10-2-8-18-14-20/h1-10,13-14H,11-12H2/q+2. The Morgan fingerprint density at radius 2 is 1.15 bits per heavy atom. The zero-order chi connectivity index (χ0) is 13.6. The number of nitrogens with zero attached hydrogens (tertiary/aromatic N) is 4. The van der Waals surface area contributed by atoms with Gasteiger partial charge in [0.1, 0.15) is 25.5 Å². The van der Waals surface area contributed by atoms with Crippen molar-refractivity contribution in [2.45, 2.75) is 13.1 Å². The topological polar surface area (TPSA) is 33.5 Å². The molecule has 3 rings (SSSR count). The van der Waals surface area contributed by atoms with Crippen molar-refractivity contribution in [2.24, 2.45) is 0 Å². The van der Waals surface area contributed by atoms with E-state index in [4.69, 9.17) is 0 Å². The van der Waals surface area contributed by atoms with Crippen LogP contribution in [0.4, 0.5) is 0 Å². The molecule has 0 aliphatic carbocycles. The molecule has 0 radical (unpaired) electrons. The molecule has 0 fully saturated rings. The number of benzene rings is 1. The summed E-state index contributed by atoms with van der Waals surface area (Å²) in [7, 11) is 0. The SMILES string of the molecule is c1cnc[n+](Cc2ccc(C[n+]3cccnc3)cc2)c1. The smallest absolute Gasteiger partial charge is 0.233 e. The highest BCUT2D eigenvalue weighted by molar-refractivity contribution is 5.21. The fourth-order valence-electron chi connectivity index (χ4n) is 2.08. The predicted octanol–water partition coefficient (Wildman–Crippen LogP) is 1.15. The van der Waals surface area contributed by atoms with Crippen molar-refractivity contribution in [3.63, 3.8) is 0 Å². The fraction of sp³-hybridized carbons (Fsp3) is 0.125. The lowest BCUT2D eigenvalue weighted by Crippen LogP contribution is -2.34. The molecular formula is C16H16N4+2. The van der Waals surface area contributed by atoms with Crippen LogP contribution in [0.3, 0.4) is 0 Å². The Kier molecular flexibility index (Phi) is 3.73.